The van der Waals surface area contributed by atoms with Crippen molar-refractivity contribution in [1.29, 1.82) is 0 Å². The van der Waals surface area contributed by atoms with Crippen molar-refractivity contribution in [3.8, 4) is 11.3 Å². The number of hydrogen-bond donors (Lipinski definition) is 2. The summed E-state index contributed by atoms with van der Waals surface area (Å²) in [5.74, 6) is -1.20. The average molecular weight is 349 g/mol. The first-order valence-electron chi connectivity index (χ1n) is 7.80. The molecule has 6 nitrogen and oxygen atoms in total. The fourth-order valence-electron chi connectivity index (χ4n) is 2.45. The van der Waals surface area contributed by atoms with Crippen LogP contribution in [0.2, 0.25) is 0 Å². The molecular weight excluding hydrogens is 334 g/mol. The lowest BCUT2D eigenvalue weighted by Gasteiger charge is -2.06. The van der Waals surface area contributed by atoms with Gasteiger partial charge in [0.15, 0.2) is 11.5 Å². The lowest BCUT2D eigenvalue weighted by atomic mass is 10.1. The molecule has 0 radical (unpaired) electrons. The van der Waals surface area contributed by atoms with Crippen LogP contribution >= 0.6 is 0 Å². The molecule has 0 fully saturated rings. The Balaban J connectivity index is 1.80. The molecule has 1 heterocycles. The summed E-state index contributed by atoms with van der Waals surface area (Å²) in [6.07, 6.45) is 0. The molecule has 1 aromatic heterocycles. The number of benzene rings is 2. The predicted octanol–water partition coefficient (Wildman–Crippen LogP) is 4.10. The van der Waals surface area contributed by atoms with E-state index >= 15 is 0 Å². The molecule has 3 rings (SSSR count). The predicted molar refractivity (Wildman–Crippen MR) is 95.5 cm³/mol. The lowest BCUT2D eigenvalue weighted by Crippen LogP contribution is -2.14. The summed E-state index contributed by atoms with van der Waals surface area (Å²) in [4.78, 5) is 34.9. The summed E-state index contributed by atoms with van der Waals surface area (Å²) in [6.45, 7) is 1.49. The van der Waals surface area contributed by atoms with Crippen LogP contribution in [0.4, 0.5) is 5.69 Å². The molecule has 0 saturated carbocycles. The maximum Gasteiger partial charge on any atom is 0.337 e. The normalized spacial score (nSPS) is 10.3. The number of carbonyl (C=O) groups is 3. The van der Waals surface area contributed by atoms with Crippen molar-refractivity contribution < 1.29 is 23.9 Å². The van der Waals surface area contributed by atoms with Gasteiger partial charge in [-0.3, -0.25) is 9.59 Å². The second kappa shape index (κ2) is 7.06. The Labute approximate surface area is 149 Å². The van der Waals surface area contributed by atoms with E-state index in [0.29, 0.717) is 11.3 Å². The molecular formula is C20H15NO5. The Morgan fingerprint density at radius 3 is 2.27 bits per heavy atom. The van der Waals surface area contributed by atoms with Gasteiger partial charge in [0.05, 0.1) is 11.3 Å². The summed E-state index contributed by atoms with van der Waals surface area (Å²) in [7, 11) is 0. The summed E-state index contributed by atoms with van der Waals surface area (Å²) < 4.78 is 5.56. The van der Waals surface area contributed by atoms with Crippen molar-refractivity contribution in [1.82, 2.24) is 0 Å². The van der Waals surface area contributed by atoms with E-state index in [-0.39, 0.29) is 22.8 Å². The summed E-state index contributed by atoms with van der Waals surface area (Å²) >= 11 is 0. The van der Waals surface area contributed by atoms with Gasteiger partial charge in [-0.2, -0.15) is 0 Å². The fourth-order valence-corrected chi connectivity index (χ4v) is 2.45. The Bertz CT molecular complexity index is 985. The van der Waals surface area contributed by atoms with Crippen molar-refractivity contribution in [3.63, 3.8) is 0 Å². The molecule has 0 aliphatic carbocycles. The van der Waals surface area contributed by atoms with Gasteiger partial charge in [0.1, 0.15) is 5.76 Å². The number of anilines is 1. The first-order chi connectivity index (χ1) is 12.5. The molecule has 2 N–H and O–H groups in total. The number of carboxylic acid groups (broad SMARTS) is 1. The first kappa shape index (κ1) is 17.2. The molecule has 0 spiro atoms. The van der Waals surface area contributed by atoms with E-state index in [2.05, 4.69) is 5.32 Å². The van der Waals surface area contributed by atoms with Crippen molar-refractivity contribution in [2.24, 2.45) is 0 Å². The third-order valence-electron chi connectivity index (χ3n) is 3.81. The molecule has 0 saturated heterocycles. The van der Waals surface area contributed by atoms with Gasteiger partial charge in [-0.1, -0.05) is 36.4 Å². The topological polar surface area (TPSA) is 96.6 Å². The van der Waals surface area contributed by atoms with E-state index in [4.69, 9.17) is 9.52 Å². The monoisotopic (exact) mass is 349 g/mol. The lowest BCUT2D eigenvalue weighted by molar-refractivity contribution is 0.0697. The minimum Gasteiger partial charge on any atom is -0.478 e. The van der Waals surface area contributed by atoms with Crippen molar-refractivity contribution >= 4 is 23.3 Å². The van der Waals surface area contributed by atoms with Crippen LogP contribution in [0.15, 0.2) is 65.1 Å². The molecule has 0 aliphatic heterocycles. The van der Waals surface area contributed by atoms with Crippen LogP contribution in [0, 0.1) is 0 Å². The summed E-state index contributed by atoms with van der Waals surface area (Å²) in [5, 5.41) is 11.7. The Kier molecular flexibility index (Phi) is 4.66. The second-order valence-electron chi connectivity index (χ2n) is 5.60. The Morgan fingerprint density at radius 1 is 0.923 bits per heavy atom. The number of carbonyl (C=O) groups excluding carboxylic acids is 2. The number of para-hydroxylation sites is 1. The minimum atomic E-state index is -1.13. The molecule has 130 valence electrons. The highest BCUT2D eigenvalue weighted by Crippen LogP contribution is 2.24. The zero-order valence-electron chi connectivity index (χ0n) is 13.9. The Morgan fingerprint density at radius 2 is 1.62 bits per heavy atom. The maximum atomic E-state index is 12.3. The highest BCUT2D eigenvalue weighted by Gasteiger charge is 2.16. The highest BCUT2D eigenvalue weighted by molar-refractivity contribution is 6.06. The molecule has 0 atom stereocenters. The largest absolute Gasteiger partial charge is 0.478 e. The number of Topliss-reactive ketones (excluding diaryl/α,β-unsaturated/α-hetero) is 1. The van der Waals surface area contributed by atoms with Crippen LogP contribution in [-0.4, -0.2) is 22.8 Å². The number of carboxylic acids is 1. The molecule has 0 aliphatic rings. The van der Waals surface area contributed by atoms with Crippen molar-refractivity contribution in [2.75, 3.05) is 5.32 Å². The van der Waals surface area contributed by atoms with Crippen LogP contribution in [0.1, 0.15) is 38.2 Å². The zero-order valence-corrected chi connectivity index (χ0v) is 13.9. The molecule has 2 aromatic carbocycles. The van der Waals surface area contributed by atoms with E-state index in [1.807, 2.05) is 0 Å². The average Bonchev–Trinajstić information content (AvgIpc) is 3.12. The SMILES string of the molecule is CC(=O)c1ccc(-c2ccc(C(=O)Nc3ccccc3C(=O)O)o2)cc1. The van der Waals surface area contributed by atoms with E-state index in [1.165, 1.54) is 25.1 Å². The number of hydrogen-bond acceptors (Lipinski definition) is 4. The van der Waals surface area contributed by atoms with Gasteiger partial charge in [0, 0.05) is 11.1 Å². The van der Waals surface area contributed by atoms with Crippen LogP contribution in [0.3, 0.4) is 0 Å². The van der Waals surface area contributed by atoms with Crippen LogP contribution in [0.25, 0.3) is 11.3 Å². The van der Waals surface area contributed by atoms with E-state index in [0.717, 1.165) is 5.56 Å². The third-order valence-corrected chi connectivity index (χ3v) is 3.81. The number of aromatic carboxylic acids is 1. The zero-order chi connectivity index (χ0) is 18.7. The van der Waals surface area contributed by atoms with Gasteiger partial charge in [-0.15, -0.1) is 0 Å². The maximum absolute atomic E-state index is 12.3. The van der Waals surface area contributed by atoms with E-state index in [9.17, 15) is 14.4 Å². The molecule has 1 amide bonds. The van der Waals surface area contributed by atoms with Gasteiger partial charge < -0.3 is 14.8 Å². The molecule has 0 bridgehead atoms. The quantitative estimate of drug-likeness (QED) is 0.676. The first-order valence-corrected chi connectivity index (χ1v) is 7.80. The molecule has 6 heteroatoms. The van der Waals surface area contributed by atoms with E-state index < -0.39 is 11.9 Å². The van der Waals surface area contributed by atoms with Gasteiger partial charge in [0.25, 0.3) is 5.91 Å². The number of nitrogens with one attached hydrogen (secondary N) is 1. The fraction of sp³-hybridized carbons (Fsp3) is 0.0500. The number of amides is 1. The smallest absolute Gasteiger partial charge is 0.337 e. The number of furan rings is 1. The summed E-state index contributed by atoms with van der Waals surface area (Å²) in [5.41, 5.74) is 1.49. The second-order valence-corrected chi connectivity index (χ2v) is 5.60. The van der Waals surface area contributed by atoms with Crippen LogP contribution in [0.5, 0.6) is 0 Å². The van der Waals surface area contributed by atoms with Gasteiger partial charge in [-0.25, -0.2) is 4.79 Å². The standard InChI is InChI=1S/C20H15NO5/c1-12(22)13-6-8-14(9-7-13)17-10-11-18(26-17)19(23)21-16-5-3-2-4-15(16)20(24)25/h2-11H,1H3,(H,21,23)(H,24,25). The van der Waals surface area contributed by atoms with E-state index in [1.54, 1.807) is 42.5 Å². The van der Waals surface area contributed by atoms with Gasteiger partial charge >= 0.3 is 5.97 Å². The van der Waals surface area contributed by atoms with Gasteiger partial charge in [-0.05, 0) is 31.2 Å². The summed E-state index contributed by atoms with van der Waals surface area (Å²) in [6, 6.07) is 16.1. The molecule has 26 heavy (non-hydrogen) atoms. The Hall–Kier alpha value is -3.67. The number of ketones is 1. The third kappa shape index (κ3) is 3.54. The van der Waals surface area contributed by atoms with Gasteiger partial charge in [0.2, 0.25) is 0 Å². The minimum absolute atomic E-state index is 0.00699. The van der Waals surface area contributed by atoms with Crippen LogP contribution < -0.4 is 5.32 Å². The van der Waals surface area contributed by atoms with Crippen LogP contribution in [-0.2, 0) is 0 Å². The van der Waals surface area contributed by atoms with Crippen molar-refractivity contribution in [2.45, 2.75) is 6.92 Å². The van der Waals surface area contributed by atoms with Crippen molar-refractivity contribution in [3.05, 3.63) is 77.6 Å². The molecule has 0 unspecified atom stereocenters. The highest BCUT2D eigenvalue weighted by atomic mass is 16.4. The number of rotatable bonds is 5. The molecule has 3 aromatic rings.